The fourth-order valence-electron chi connectivity index (χ4n) is 3.44. The Balaban J connectivity index is 0.00000225. The maximum absolute atomic E-state index is 10.9. The predicted molar refractivity (Wildman–Crippen MR) is 105 cm³/mol. The van der Waals surface area contributed by atoms with Crippen molar-refractivity contribution in [3.05, 3.63) is 60.2 Å². The molecule has 0 fully saturated rings. The third-order valence-electron chi connectivity index (χ3n) is 4.37. The molecule has 4 nitrogen and oxygen atoms in total. The van der Waals surface area contributed by atoms with Crippen LogP contribution in [0, 0.1) is 0 Å². The van der Waals surface area contributed by atoms with E-state index in [0.29, 0.717) is 13.1 Å². The fraction of sp³-hybridized carbons (Fsp3) is 0.400. The van der Waals surface area contributed by atoms with Gasteiger partial charge in [-0.1, -0.05) is 42.5 Å². The lowest BCUT2D eigenvalue weighted by atomic mass is 9.95. The van der Waals surface area contributed by atoms with Crippen molar-refractivity contribution in [1.29, 1.82) is 0 Å². The molecule has 1 aliphatic rings. The molecule has 1 aliphatic heterocycles. The molecule has 25 heavy (non-hydrogen) atoms. The molecule has 0 amide bonds. The van der Waals surface area contributed by atoms with Gasteiger partial charge in [0.25, 0.3) is 0 Å². The predicted octanol–water partition coefficient (Wildman–Crippen LogP) is 3.41. The first-order valence-electron chi connectivity index (χ1n) is 8.44. The van der Waals surface area contributed by atoms with Gasteiger partial charge in [-0.15, -0.1) is 12.4 Å². The molecule has 1 heterocycles. The molecule has 2 aromatic rings. The van der Waals surface area contributed by atoms with Gasteiger partial charge in [-0.05, 0) is 38.6 Å². The fourth-order valence-corrected chi connectivity index (χ4v) is 3.44. The topological polar surface area (TPSA) is 44.7 Å². The SMILES string of the molecule is CNC[C@@H](O)[C@H](c1ccccc1)N1CC(C)(C)Oc2ccccc21.Cl. The number of halogens is 1. The van der Waals surface area contributed by atoms with Crippen molar-refractivity contribution in [3.63, 3.8) is 0 Å². The summed E-state index contributed by atoms with van der Waals surface area (Å²) in [6, 6.07) is 18.1. The van der Waals surface area contributed by atoms with E-state index in [9.17, 15) is 5.11 Å². The van der Waals surface area contributed by atoms with E-state index in [4.69, 9.17) is 4.74 Å². The lowest BCUT2D eigenvalue weighted by Crippen LogP contribution is -2.51. The van der Waals surface area contributed by atoms with Gasteiger partial charge in [-0.2, -0.15) is 0 Å². The number of rotatable bonds is 5. The minimum Gasteiger partial charge on any atom is -0.484 e. The zero-order chi connectivity index (χ0) is 17.2. The largest absolute Gasteiger partial charge is 0.484 e. The van der Waals surface area contributed by atoms with Crippen molar-refractivity contribution in [3.8, 4) is 5.75 Å². The second kappa shape index (κ2) is 8.09. The molecule has 3 rings (SSSR count). The number of benzene rings is 2. The number of likely N-dealkylation sites (N-methyl/N-ethyl adjacent to an activating group) is 1. The number of fused-ring (bicyclic) bond motifs is 1. The minimum atomic E-state index is -0.528. The number of para-hydroxylation sites is 2. The molecular weight excluding hydrogens is 336 g/mol. The first-order chi connectivity index (χ1) is 11.5. The minimum absolute atomic E-state index is 0. The maximum Gasteiger partial charge on any atom is 0.143 e. The second-order valence-corrected chi connectivity index (χ2v) is 6.94. The zero-order valence-corrected chi connectivity index (χ0v) is 15.8. The maximum atomic E-state index is 10.9. The zero-order valence-electron chi connectivity index (χ0n) is 15.0. The normalized spacial score (nSPS) is 17.7. The number of anilines is 1. The highest BCUT2D eigenvalue weighted by Crippen LogP contribution is 2.42. The van der Waals surface area contributed by atoms with Crippen molar-refractivity contribution >= 4 is 18.1 Å². The molecule has 0 bridgehead atoms. The standard InChI is InChI=1S/C20H26N2O2.ClH/c1-20(2)14-22(16-11-7-8-12-18(16)24-20)19(17(23)13-21-3)15-9-5-4-6-10-15;/h4-12,17,19,21,23H,13-14H2,1-3H3;1H/t17-,19+;/m1./s1. The Morgan fingerprint density at radius 3 is 2.44 bits per heavy atom. The molecule has 0 aromatic heterocycles. The van der Waals surface area contributed by atoms with Gasteiger partial charge in [-0.25, -0.2) is 0 Å². The first-order valence-corrected chi connectivity index (χ1v) is 8.44. The molecule has 0 radical (unpaired) electrons. The molecule has 0 saturated carbocycles. The number of hydrogen-bond acceptors (Lipinski definition) is 4. The summed E-state index contributed by atoms with van der Waals surface area (Å²) in [7, 11) is 1.86. The van der Waals surface area contributed by atoms with Crippen LogP contribution in [0.25, 0.3) is 0 Å². The van der Waals surface area contributed by atoms with E-state index in [1.165, 1.54) is 0 Å². The molecule has 0 aliphatic carbocycles. The van der Waals surface area contributed by atoms with Crippen LogP contribution in [-0.4, -0.2) is 36.9 Å². The van der Waals surface area contributed by atoms with Crippen LogP contribution in [0.15, 0.2) is 54.6 Å². The highest BCUT2D eigenvalue weighted by molar-refractivity contribution is 5.85. The lowest BCUT2D eigenvalue weighted by Gasteiger charge is -2.46. The Bertz CT molecular complexity index is 678. The number of aliphatic hydroxyl groups excluding tert-OH is 1. The van der Waals surface area contributed by atoms with Gasteiger partial charge in [0.05, 0.1) is 24.4 Å². The van der Waals surface area contributed by atoms with Crippen LogP contribution in [0.3, 0.4) is 0 Å². The van der Waals surface area contributed by atoms with Gasteiger partial charge in [0.2, 0.25) is 0 Å². The third kappa shape index (κ3) is 4.27. The number of nitrogens with zero attached hydrogens (tertiary/aromatic N) is 1. The number of aliphatic hydroxyl groups is 1. The Labute approximate surface area is 156 Å². The third-order valence-corrected chi connectivity index (χ3v) is 4.37. The first kappa shape index (κ1) is 19.6. The van der Waals surface area contributed by atoms with Crippen molar-refractivity contribution < 1.29 is 9.84 Å². The van der Waals surface area contributed by atoms with Gasteiger partial charge in [-0.3, -0.25) is 0 Å². The second-order valence-electron chi connectivity index (χ2n) is 6.94. The summed E-state index contributed by atoms with van der Waals surface area (Å²) < 4.78 is 6.14. The van der Waals surface area contributed by atoms with E-state index in [2.05, 4.69) is 42.3 Å². The van der Waals surface area contributed by atoms with Gasteiger partial charge in [0.1, 0.15) is 11.4 Å². The summed E-state index contributed by atoms with van der Waals surface area (Å²) in [6.45, 7) is 5.41. The summed E-state index contributed by atoms with van der Waals surface area (Å²) in [5.41, 5.74) is 1.81. The van der Waals surface area contributed by atoms with Crippen LogP contribution < -0.4 is 15.0 Å². The average molecular weight is 363 g/mol. The number of nitrogens with one attached hydrogen (secondary N) is 1. The van der Waals surface area contributed by atoms with Crippen LogP contribution in [0.4, 0.5) is 5.69 Å². The average Bonchev–Trinajstić information content (AvgIpc) is 2.55. The molecule has 0 unspecified atom stereocenters. The smallest absolute Gasteiger partial charge is 0.143 e. The number of ether oxygens (including phenoxy) is 1. The Morgan fingerprint density at radius 1 is 1.12 bits per heavy atom. The molecule has 2 atom stereocenters. The Kier molecular flexibility index (Phi) is 6.33. The highest BCUT2D eigenvalue weighted by atomic mass is 35.5. The van der Waals surface area contributed by atoms with E-state index in [1.54, 1.807) is 0 Å². The summed E-state index contributed by atoms with van der Waals surface area (Å²) in [5, 5.41) is 14.0. The lowest BCUT2D eigenvalue weighted by molar-refractivity contribution is 0.0840. The molecule has 2 N–H and O–H groups in total. The number of hydrogen-bond donors (Lipinski definition) is 2. The van der Waals surface area contributed by atoms with Gasteiger partial charge in [0.15, 0.2) is 0 Å². The molecule has 0 saturated heterocycles. The van der Waals surface area contributed by atoms with Crippen LogP contribution in [-0.2, 0) is 0 Å². The van der Waals surface area contributed by atoms with Gasteiger partial charge >= 0.3 is 0 Å². The van der Waals surface area contributed by atoms with Crippen LogP contribution >= 0.6 is 12.4 Å². The molecule has 2 aromatic carbocycles. The molecular formula is C20H27ClN2O2. The summed E-state index contributed by atoms with van der Waals surface area (Å²) in [4.78, 5) is 2.27. The van der Waals surface area contributed by atoms with Gasteiger partial charge < -0.3 is 20.1 Å². The van der Waals surface area contributed by atoms with E-state index >= 15 is 0 Å². The van der Waals surface area contributed by atoms with Crippen molar-refractivity contribution in [2.45, 2.75) is 31.6 Å². The molecule has 0 spiro atoms. The van der Waals surface area contributed by atoms with Crippen LogP contribution in [0.5, 0.6) is 5.75 Å². The van der Waals surface area contributed by atoms with Crippen molar-refractivity contribution in [2.75, 3.05) is 25.0 Å². The summed E-state index contributed by atoms with van der Waals surface area (Å²) in [6.07, 6.45) is -0.528. The van der Waals surface area contributed by atoms with E-state index in [0.717, 1.165) is 17.0 Å². The van der Waals surface area contributed by atoms with Gasteiger partial charge in [0, 0.05) is 6.54 Å². The molecule has 136 valence electrons. The van der Waals surface area contributed by atoms with Crippen molar-refractivity contribution in [2.24, 2.45) is 0 Å². The molecule has 5 heteroatoms. The quantitative estimate of drug-likeness (QED) is 0.855. The van der Waals surface area contributed by atoms with Crippen LogP contribution in [0.2, 0.25) is 0 Å². The van der Waals surface area contributed by atoms with E-state index < -0.39 is 6.10 Å². The van der Waals surface area contributed by atoms with E-state index in [-0.39, 0.29) is 24.0 Å². The summed E-state index contributed by atoms with van der Waals surface area (Å²) >= 11 is 0. The summed E-state index contributed by atoms with van der Waals surface area (Å²) in [5.74, 6) is 0.867. The van der Waals surface area contributed by atoms with Crippen molar-refractivity contribution in [1.82, 2.24) is 5.32 Å². The Morgan fingerprint density at radius 2 is 1.76 bits per heavy atom. The van der Waals surface area contributed by atoms with E-state index in [1.807, 2.05) is 43.4 Å². The highest BCUT2D eigenvalue weighted by Gasteiger charge is 2.38. The van der Waals surface area contributed by atoms with Crippen LogP contribution in [0.1, 0.15) is 25.5 Å². The Hall–Kier alpha value is -1.75. The monoisotopic (exact) mass is 362 g/mol.